The Balaban J connectivity index is 1.57. The Bertz CT molecular complexity index is 1950. The van der Waals surface area contributed by atoms with Crippen LogP contribution in [0.4, 0.5) is 0 Å². The molecule has 1 atom stereocenters. The minimum absolute atomic E-state index is 0.215. The number of methoxy groups -OCH3 is 2. The molecule has 0 spiro atoms. The molecule has 3 aromatic carbocycles. The number of aromatic nitrogens is 1. The summed E-state index contributed by atoms with van der Waals surface area (Å²) >= 11 is 11.1. The summed E-state index contributed by atoms with van der Waals surface area (Å²) in [6, 6.07) is 15.6. The maximum Gasteiger partial charge on any atom is 0.337 e. The van der Waals surface area contributed by atoms with E-state index in [4.69, 9.17) is 35.3 Å². The Labute approximate surface area is 277 Å². The third-order valence-electron chi connectivity index (χ3n) is 6.89. The molecule has 0 N–H and O–H groups in total. The van der Waals surface area contributed by atoms with E-state index in [1.54, 1.807) is 43.5 Å². The molecule has 1 aliphatic rings. The Morgan fingerprint density at radius 2 is 1.78 bits per heavy atom. The number of hydrogen-bond acceptors (Lipinski definition) is 9. The fraction of sp³-hybridized carbons (Fsp3) is 0.242. The quantitative estimate of drug-likeness (QED) is 0.181. The van der Waals surface area contributed by atoms with Gasteiger partial charge >= 0.3 is 5.97 Å². The lowest BCUT2D eigenvalue weighted by atomic mass is 9.97. The first kappa shape index (κ1) is 32.3. The second kappa shape index (κ2) is 14.4. The van der Waals surface area contributed by atoms with E-state index in [1.807, 2.05) is 38.1 Å². The highest BCUT2D eigenvalue weighted by molar-refractivity contribution is 9.10. The molecule has 0 saturated heterocycles. The molecule has 234 valence electrons. The predicted octanol–water partition coefficient (Wildman–Crippen LogP) is 5.82. The number of hydrogen-bond donors (Lipinski definition) is 0. The summed E-state index contributed by atoms with van der Waals surface area (Å²) in [6.45, 7) is 4.86. The van der Waals surface area contributed by atoms with E-state index in [-0.39, 0.29) is 17.7 Å². The summed E-state index contributed by atoms with van der Waals surface area (Å²) < 4.78 is 30.9. The van der Waals surface area contributed by atoms with Gasteiger partial charge in [0.05, 0.1) is 48.1 Å². The van der Waals surface area contributed by atoms with Crippen molar-refractivity contribution in [2.75, 3.05) is 27.4 Å². The highest BCUT2D eigenvalue weighted by Gasteiger charge is 2.31. The number of benzene rings is 3. The van der Waals surface area contributed by atoms with E-state index in [0.717, 1.165) is 5.56 Å². The van der Waals surface area contributed by atoms with Crippen molar-refractivity contribution in [3.8, 4) is 23.0 Å². The van der Waals surface area contributed by atoms with E-state index < -0.39 is 12.0 Å². The molecule has 45 heavy (non-hydrogen) atoms. The molecule has 1 aliphatic heterocycles. The standard InChI is InChI=1S/C33H30BrClN2O7S/c1-5-42-25-12-11-20(16-26(25)43-6-2)29-22(32(39)41-4)17-36-33-37(29)31(38)28(45-33)15-19-13-23(34)30(27(14-19)40-3)44-18-21-9-7-8-10-24(21)35/h7-17,29H,5-6,18H2,1-4H3/b28-15+/t29-/m0/s1. The normalized spacial score (nSPS) is 14.2. The summed E-state index contributed by atoms with van der Waals surface area (Å²) in [7, 11) is 2.84. The van der Waals surface area contributed by atoms with E-state index in [0.29, 0.717) is 66.2 Å². The largest absolute Gasteiger partial charge is 0.493 e. The van der Waals surface area contributed by atoms with Crippen molar-refractivity contribution in [2.24, 2.45) is 4.99 Å². The number of carbonyl (C=O) groups excluding carboxylic acids is 1. The van der Waals surface area contributed by atoms with Crippen LogP contribution in [0.15, 0.2) is 80.6 Å². The van der Waals surface area contributed by atoms with Gasteiger partial charge in [0.15, 0.2) is 27.8 Å². The predicted molar refractivity (Wildman–Crippen MR) is 176 cm³/mol. The number of ether oxygens (including phenoxy) is 5. The SMILES string of the molecule is CCOc1ccc([C@H]2C(C(=O)OC)=CN=c3s/c(=C/c4cc(Br)c(OCc5ccccc5Cl)c(OC)c4)c(=O)n32)cc1OCC. The molecule has 0 radical (unpaired) electrons. The topological polar surface area (TPSA) is 97.6 Å². The first-order valence-electron chi connectivity index (χ1n) is 14.0. The number of carbonyl (C=O) groups is 1. The molecular weight excluding hydrogens is 684 g/mol. The third-order valence-corrected chi connectivity index (χ3v) is 8.84. The van der Waals surface area contributed by atoms with Crippen LogP contribution >= 0.6 is 38.9 Å². The molecule has 1 aromatic heterocycles. The van der Waals surface area contributed by atoms with Gasteiger partial charge in [-0.25, -0.2) is 9.79 Å². The van der Waals surface area contributed by atoms with Crippen molar-refractivity contribution in [3.63, 3.8) is 0 Å². The second-order valence-electron chi connectivity index (χ2n) is 9.66. The van der Waals surface area contributed by atoms with Crippen molar-refractivity contribution < 1.29 is 28.5 Å². The molecular formula is C33H30BrClN2O7S. The summed E-state index contributed by atoms with van der Waals surface area (Å²) in [4.78, 5) is 31.8. The Hall–Kier alpha value is -4.06. The molecule has 0 bridgehead atoms. The van der Waals surface area contributed by atoms with Crippen LogP contribution in [0.25, 0.3) is 6.08 Å². The van der Waals surface area contributed by atoms with Gasteiger partial charge in [0.1, 0.15) is 6.61 Å². The van der Waals surface area contributed by atoms with Crippen LogP contribution in [0, 0.1) is 0 Å². The maximum atomic E-state index is 14.0. The van der Waals surface area contributed by atoms with Crippen LogP contribution in [0.1, 0.15) is 36.6 Å². The lowest BCUT2D eigenvalue weighted by Gasteiger charge is -2.23. The lowest BCUT2D eigenvalue weighted by Crippen LogP contribution is -2.39. The summed E-state index contributed by atoms with van der Waals surface area (Å²) in [6.07, 6.45) is 3.20. The number of esters is 1. The van der Waals surface area contributed by atoms with Gasteiger partial charge in [-0.1, -0.05) is 47.2 Å². The van der Waals surface area contributed by atoms with Crippen molar-refractivity contribution >= 4 is 50.9 Å². The maximum absolute atomic E-state index is 14.0. The average Bonchev–Trinajstić information content (AvgIpc) is 3.35. The molecule has 0 unspecified atom stereocenters. The third kappa shape index (κ3) is 6.80. The van der Waals surface area contributed by atoms with E-state index in [1.165, 1.54) is 29.2 Å². The van der Waals surface area contributed by atoms with Gasteiger partial charge in [0, 0.05) is 16.8 Å². The fourth-order valence-corrected chi connectivity index (χ4v) is 6.60. The zero-order valence-corrected chi connectivity index (χ0v) is 28.1. The summed E-state index contributed by atoms with van der Waals surface area (Å²) in [5, 5.41) is 0.604. The monoisotopic (exact) mass is 712 g/mol. The Kier molecular flexibility index (Phi) is 10.3. The van der Waals surface area contributed by atoms with Gasteiger partial charge in [0.25, 0.3) is 5.56 Å². The zero-order chi connectivity index (χ0) is 32.1. The van der Waals surface area contributed by atoms with Gasteiger partial charge < -0.3 is 23.7 Å². The molecule has 0 amide bonds. The highest BCUT2D eigenvalue weighted by atomic mass is 79.9. The average molecular weight is 714 g/mol. The van der Waals surface area contributed by atoms with Crippen molar-refractivity contribution in [2.45, 2.75) is 26.5 Å². The smallest absolute Gasteiger partial charge is 0.337 e. The van der Waals surface area contributed by atoms with Gasteiger partial charge in [-0.05, 0) is 77.3 Å². The highest BCUT2D eigenvalue weighted by Crippen LogP contribution is 2.38. The molecule has 5 rings (SSSR count). The minimum Gasteiger partial charge on any atom is -0.493 e. The number of thiazole rings is 1. The first-order chi connectivity index (χ1) is 21.8. The van der Waals surface area contributed by atoms with Crippen LogP contribution < -0.4 is 33.8 Å². The van der Waals surface area contributed by atoms with Gasteiger partial charge in [-0.3, -0.25) is 9.36 Å². The van der Waals surface area contributed by atoms with E-state index >= 15 is 0 Å². The summed E-state index contributed by atoms with van der Waals surface area (Å²) in [5.74, 6) is 1.45. The molecule has 4 aromatic rings. The van der Waals surface area contributed by atoms with Crippen LogP contribution in [0.3, 0.4) is 0 Å². The first-order valence-corrected chi connectivity index (χ1v) is 16.0. The molecule has 9 nitrogen and oxygen atoms in total. The number of fused-ring (bicyclic) bond motifs is 1. The zero-order valence-electron chi connectivity index (χ0n) is 25.0. The van der Waals surface area contributed by atoms with Gasteiger partial charge in [0.2, 0.25) is 0 Å². The fourth-order valence-electron chi connectivity index (χ4n) is 4.87. The van der Waals surface area contributed by atoms with Crippen LogP contribution in [-0.2, 0) is 16.1 Å². The molecule has 0 saturated carbocycles. The summed E-state index contributed by atoms with van der Waals surface area (Å²) in [5.41, 5.74) is 2.06. The molecule has 0 fully saturated rings. The van der Waals surface area contributed by atoms with Crippen molar-refractivity contribution in [1.82, 2.24) is 4.57 Å². The van der Waals surface area contributed by atoms with E-state index in [2.05, 4.69) is 20.9 Å². The Morgan fingerprint density at radius 3 is 2.49 bits per heavy atom. The Morgan fingerprint density at radius 1 is 1.02 bits per heavy atom. The second-order valence-corrected chi connectivity index (χ2v) is 11.9. The van der Waals surface area contributed by atoms with Crippen molar-refractivity contribution in [1.29, 1.82) is 0 Å². The van der Waals surface area contributed by atoms with Crippen LogP contribution in [0.2, 0.25) is 5.02 Å². The number of nitrogens with zero attached hydrogens (tertiary/aromatic N) is 2. The number of halogens is 2. The lowest BCUT2D eigenvalue weighted by molar-refractivity contribution is -0.136. The van der Waals surface area contributed by atoms with E-state index in [9.17, 15) is 9.59 Å². The van der Waals surface area contributed by atoms with Crippen LogP contribution in [0.5, 0.6) is 23.0 Å². The van der Waals surface area contributed by atoms with Gasteiger partial charge in [-0.2, -0.15) is 0 Å². The van der Waals surface area contributed by atoms with Crippen molar-refractivity contribution in [3.05, 3.63) is 112 Å². The minimum atomic E-state index is -0.799. The van der Waals surface area contributed by atoms with Crippen LogP contribution in [-0.4, -0.2) is 38.0 Å². The molecule has 12 heteroatoms. The molecule has 2 heterocycles. The number of rotatable bonds is 11. The van der Waals surface area contributed by atoms with Gasteiger partial charge in [-0.15, -0.1) is 0 Å². The molecule has 0 aliphatic carbocycles.